The fraction of sp³-hybridized carbons (Fsp3) is 0.500. The van der Waals surface area contributed by atoms with Gasteiger partial charge in [-0.25, -0.2) is 4.99 Å². The zero-order chi connectivity index (χ0) is 13.4. The molecule has 4 heteroatoms. The number of hydrogen-bond donors (Lipinski definition) is 2. The average Bonchev–Trinajstić information content (AvgIpc) is 2.37. The fourth-order valence-electron chi connectivity index (χ4n) is 1.61. The molecule has 0 unspecified atom stereocenters. The van der Waals surface area contributed by atoms with Crippen LogP contribution in [-0.2, 0) is 6.54 Å². The molecule has 2 N–H and O–H groups in total. The van der Waals surface area contributed by atoms with Crippen LogP contribution in [0.3, 0.4) is 0 Å². The first-order valence-corrected chi connectivity index (χ1v) is 6.45. The minimum atomic E-state index is 0.691. The van der Waals surface area contributed by atoms with Gasteiger partial charge in [-0.2, -0.15) is 0 Å². The minimum Gasteiger partial charge on any atom is -0.378 e. The number of nitrogens with one attached hydrogen (secondary N) is 2. The largest absolute Gasteiger partial charge is 0.378 e. The molecule has 0 saturated heterocycles. The van der Waals surface area contributed by atoms with Crippen LogP contribution >= 0.6 is 0 Å². The molecule has 1 aromatic carbocycles. The standard InChI is InChI=1S/C14H24N4/c1-5-15-14(16-6-2)17-11-12-8-7-9-13(10-12)18(3)4/h7-10H,5-6,11H2,1-4H3,(H2,15,16,17). The molecule has 0 radical (unpaired) electrons. The van der Waals surface area contributed by atoms with Gasteiger partial charge in [-0.1, -0.05) is 12.1 Å². The average molecular weight is 248 g/mol. The molecule has 0 aromatic heterocycles. The highest BCUT2D eigenvalue weighted by atomic mass is 15.2. The summed E-state index contributed by atoms with van der Waals surface area (Å²) >= 11 is 0. The maximum absolute atomic E-state index is 4.55. The van der Waals surface area contributed by atoms with E-state index in [0.717, 1.165) is 19.0 Å². The number of guanidine groups is 1. The van der Waals surface area contributed by atoms with Gasteiger partial charge in [0.25, 0.3) is 0 Å². The number of benzene rings is 1. The molecule has 0 aliphatic carbocycles. The van der Waals surface area contributed by atoms with Crippen LogP contribution in [0.1, 0.15) is 19.4 Å². The first kappa shape index (κ1) is 14.4. The third-order valence-corrected chi connectivity index (χ3v) is 2.54. The minimum absolute atomic E-state index is 0.691. The SMILES string of the molecule is CCNC(=NCc1cccc(N(C)C)c1)NCC. The Morgan fingerprint density at radius 2 is 1.83 bits per heavy atom. The molecular weight excluding hydrogens is 224 g/mol. The van der Waals surface area contributed by atoms with Crippen molar-refractivity contribution in [2.75, 3.05) is 32.1 Å². The molecule has 0 aliphatic heterocycles. The molecule has 0 saturated carbocycles. The summed E-state index contributed by atoms with van der Waals surface area (Å²) in [5, 5.41) is 6.44. The summed E-state index contributed by atoms with van der Waals surface area (Å²) in [7, 11) is 4.09. The van der Waals surface area contributed by atoms with E-state index in [9.17, 15) is 0 Å². The van der Waals surface area contributed by atoms with Crippen molar-refractivity contribution in [1.29, 1.82) is 0 Å². The van der Waals surface area contributed by atoms with Crippen LogP contribution in [0.15, 0.2) is 29.3 Å². The van der Waals surface area contributed by atoms with Gasteiger partial charge in [-0.05, 0) is 31.5 Å². The van der Waals surface area contributed by atoms with Crippen molar-refractivity contribution in [1.82, 2.24) is 10.6 Å². The third-order valence-electron chi connectivity index (χ3n) is 2.54. The quantitative estimate of drug-likeness (QED) is 0.617. The van der Waals surface area contributed by atoms with Gasteiger partial charge in [0.15, 0.2) is 5.96 Å². The monoisotopic (exact) mass is 248 g/mol. The molecule has 18 heavy (non-hydrogen) atoms. The summed E-state index contributed by atoms with van der Waals surface area (Å²) < 4.78 is 0. The van der Waals surface area contributed by atoms with Crippen molar-refractivity contribution in [3.8, 4) is 0 Å². The highest BCUT2D eigenvalue weighted by Crippen LogP contribution is 2.13. The molecule has 0 spiro atoms. The summed E-state index contributed by atoms with van der Waals surface area (Å²) in [4.78, 5) is 6.65. The number of hydrogen-bond acceptors (Lipinski definition) is 2. The lowest BCUT2D eigenvalue weighted by atomic mass is 10.2. The lowest BCUT2D eigenvalue weighted by Crippen LogP contribution is -2.36. The van der Waals surface area contributed by atoms with Crippen molar-refractivity contribution in [2.45, 2.75) is 20.4 Å². The molecule has 0 aliphatic rings. The number of aliphatic imine (C=N–C) groups is 1. The molecule has 100 valence electrons. The molecule has 0 atom stereocenters. The number of nitrogens with zero attached hydrogens (tertiary/aromatic N) is 2. The normalized spacial score (nSPS) is 9.78. The smallest absolute Gasteiger partial charge is 0.191 e. The Balaban J connectivity index is 2.70. The Bertz CT molecular complexity index is 377. The predicted molar refractivity (Wildman–Crippen MR) is 79.3 cm³/mol. The van der Waals surface area contributed by atoms with E-state index in [1.54, 1.807) is 0 Å². The van der Waals surface area contributed by atoms with Crippen molar-refractivity contribution in [3.63, 3.8) is 0 Å². The predicted octanol–water partition coefficient (Wildman–Crippen LogP) is 1.83. The van der Waals surface area contributed by atoms with E-state index in [4.69, 9.17) is 0 Å². The Kier molecular flexibility index (Phi) is 6.05. The maximum atomic E-state index is 4.55. The van der Waals surface area contributed by atoms with E-state index in [-0.39, 0.29) is 0 Å². The van der Waals surface area contributed by atoms with Crippen LogP contribution < -0.4 is 15.5 Å². The summed E-state index contributed by atoms with van der Waals surface area (Å²) in [5.41, 5.74) is 2.42. The second kappa shape index (κ2) is 7.58. The van der Waals surface area contributed by atoms with Crippen molar-refractivity contribution >= 4 is 11.6 Å². The molecule has 1 rings (SSSR count). The first-order valence-electron chi connectivity index (χ1n) is 6.45. The zero-order valence-corrected chi connectivity index (χ0v) is 11.8. The van der Waals surface area contributed by atoms with E-state index in [1.165, 1.54) is 11.3 Å². The lowest BCUT2D eigenvalue weighted by Gasteiger charge is -2.13. The van der Waals surface area contributed by atoms with Crippen LogP contribution in [0.4, 0.5) is 5.69 Å². The Morgan fingerprint density at radius 3 is 2.39 bits per heavy atom. The zero-order valence-electron chi connectivity index (χ0n) is 11.8. The van der Waals surface area contributed by atoms with E-state index in [0.29, 0.717) is 6.54 Å². The van der Waals surface area contributed by atoms with Crippen LogP contribution in [0.2, 0.25) is 0 Å². The van der Waals surface area contributed by atoms with Gasteiger partial charge >= 0.3 is 0 Å². The summed E-state index contributed by atoms with van der Waals surface area (Å²) in [6.07, 6.45) is 0. The lowest BCUT2D eigenvalue weighted by molar-refractivity contribution is 0.839. The Labute approximate surface area is 110 Å². The molecule has 0 bridgehead atoms. The molecule has 0 amide bonds. The molecule has 4 nitrogen and oxygen atoms in total. The van der Waals surface area contributed by atoms with Gasteiger partial charge in [0, 0.05) is 32.9 Å². The number of anilines is 1. The summed E-state index contributed by atoms with van der Waals surface area (Å²) in [6, 6.07) is 8.44. The van der Waals surface area contributed by atoms with Crippen molar-refractivity contribution in [2.24, 2.45) is 4.99 Å². The summed E-state index contributed by atoms with van der Waals surface area (Å²) in [5.74, 6) is 0.871. The van der Waals surface area contributed by atoms with Gasteiger partial charge in [0.05, 0.1) is 6.54 Å². The maximum Gasteiger partial charge on any atom is 0.191 e. The Hall–Kier alpha value is -1.71. The van der Waals surface area contributed by atoms with Crippen LogP contribution in [0.5, 0.6) is 0 Å². The first-order chi connectivity index (χ1) is 8.67. The summed E-state index contributed by atoms with van der Waals surface area (Å²) in [6.45, 7) is 6.59. The second-order valence-electron chi connectivity index (χ2n) is 4.29. The van der Waals surface area contributed by atoms with Gasteiger partial charge in [-0.3, -0.25) is 0 Å². The van der Waals surface area contributed by atoms with Gasteiger partial charge in [0.2, 0.25) is 0 Å². The molecular formula is C14H24N4. The second-order valence-corrected chi connectivity index (χ2v) is 4.29. The topological polar surface area (TPSA) is 39.7 Å². The fourth-order valence-corrected chi connectivity index (χ4v) is 1.61. The van der Waals surface area contributed by atoms with E-state index < -0.39 is 0 Å². The van der Waals surface area contributed by atoms with Gasteiger partial charge < -0.3 is 15.5 Å². The van der Waals surface area contributed by atoms with E-state index >= 15 is 0 Å². The van der Waals surface area contributed by atoms with Crippen LogP contribution in [0.25, 0.3) is 0 Å². The van der Waals surface area contributed by atoms with E-state index in [1.807, 2.05) is 14.1 Å². The Morgan fingerprint density at radius 1 is 1.17 bits per heavy atom. The number of rotatable bonds is 5. The van der Waals surface area contributed by atoms with Crippen LogP contribution in [0, 0.1) is 0 Å². The highest BCUT2D eigenvalue weighted by molar-refractivity contribution is 5.79. The highest BCUT2D eigenvalue weighted by Gasteiger charge is 1.98. The van der Waals surface area contributed by atoms with Crippen molar-refractivity contribution in [3.05, 3.63) is 29.8 Å². The molecule has 1 aromatic rings. The van der Waals surface area contributed by atoms with Gasteiger partial charge in [0.1, 0.15) is 0 Å². The van der Waals surface area contributed by atoms with Gasteiger partial charge in [-0.15, -0.1) is 0 Å². The van der Waals surface area contributed by atoms with E-state index in [2.05, 4.69) is 58.6 Å². The van der Waals surface area contributed by atoms with Crippen LogP contribution in [-0.4, -0.2) is 33.1 Å². The third kappa shape index (κ3) is 4.65. The van der Waals surface area contributed by atoms with Crippen molar-refractivity contribution < 1.29 is 0 Å². The molecule has 0 fully saturated rings. The molecule has 0 heterocycles.